The summed E-state index contributed by atoms with van der Waals surface area (Å²) < 4.78 is 8.58. The summed E-state index contributed by atoms with van der Waals surface area (Å²) in [5, 5.41) is 4.18. The third-order valence-corrected chi connectivity index (χ3v) is 3.10. The Morgan fingerprint density at radius 2 is 2.06 bits per heavy atom. The molecule has 0 bridgehead atoms. The fourth-order valence-corrected chi connectivity index (χ4v) is 2.13. The lowest BCUT2D eigenvalue weighted by Crippen LogP contribution is -2.05. The molecule has 0 N–H and O–H groups in total. The summed E-state index contributed by atoms with van der Waals surface area (Å²) in [4.78, 5) is 0. The molecule has 0 atom stereocenters. The third kappa shape index (κ3) is 2.69. The van der Waals surface area contributed by atoms with E-state index >= 15 is 0 Å². The molecule has 17 heavy (non-hydrogen) atoms. The van der Waals surface area contributed by atoms with Crippen molar-refractivity contribution >= 4 is 15.9 Å². The van der Waals surface area contributed by atoms with E-state index in [4.69, 9.17) is 4.74 Å². The van der Waals surface area contributed by atoms with Gasteiger partial charge in [-0.25, -0.2) is 0 Å². The van der Waals surface area contributed by atoms with Crippen LogP contribution in [0.15, 0.2) is 34.9 Å². The number of nitrogens with zero attached hydrogens (tertiary/aromatic N) is 2. The maximum Gasteiger partial charge on any atom is 0.120 e. The fraction of sp³-hybridized carbons (Fsp3) is 0.308. The molecule has 0 aliphatic carbocycles. The Labute approximate surface area is 110 Å². The molecule has 0 radical (unpaired) electrons. The van der Waals surface area contributed by atoms with Crippen molar-refractivity contribution in [3.8, 4) is 17.0 Å². The minimum absolute atomic E-state index is 0.176. The molecule has 1 aromatic heterocycles. The second-order valence-electron chi connectivity index (χ2n) is 4.15. The molecule has 2 aromatic rings. The van der Waals surface area contributed by atoms with Crippen LogP contribution >= 0.6 is 15.9 Å². The lowest BCUT2D eigenvalue weighted by atomic mass is 10.1. The molecule has 0 unspecified atom stereocenters. The fourth-order valence-electron chi connectivity index (χ4n) is 1.68. The molecule has 0 saturated carbocycles. The zero-order valence-corrected chi connectivity index (χ0v) is 11.7. The molecule has 90 valence electrons. The molecule has 0 aliphatic rings. The van der Waals surface area contributed by atoms with Gasteiger partial charge in [0.2, 0.25) is 0 Å². The first-order valence-corrected chi connectivity index (χ1v) is 6.32. The number of benzene rings is 1. The van der Waals surface area contributed by atoms with E-state index < -0.39 is 0 Å². The van der Waals surface area contributed by atoms with E-state index in [1.165, 1.54) is 0 Å². The van der Waals surface area contributed by atoms with E-state index in [9.17, 15) is 0 Å². The zero-order valence-electron chi connectivity index (χ0n) is 10.1. The van der Waals surface area contributed by atoms with E-state index in [-0.39, 0.29) is 6.10 Å². The molecule has 1 aromatic carbocycles. The van der Waals surface area contributed by atoms with Crippen molar-refractivity contribution in [2.75, 3.05) is 0 Å². The van der Waals surface area contributed by atoms with E-state index in [1.807, 2.05) is 49.8 Å². The minimum Gasteiger partial charge on any atom is -0.491 e. The van der Waals surface area contributed by atoms with Crippen molar-refractivity contribution in [1.29, 1.82) is 0 Å². The van der Waals surface area contributed by atoms with Crippen molar-refractivity contribution in [2.45, 2.75) is 20.0 Å². The summed E-state index contributed by atoms with van der Waals surface area (Å²) in [6, 6.07) is 7.98. The lowest BCUT2D eigenvalue weighted by Gasteiger charge is -2.12. The number of hydrogen-bond acceptors (Lipinski definition) is 2. The van der Waals surface area contributed by atoms with Crippen molar-refractivity contribution in [3.05, 3.63) is 34.9 Å². The summed E-state index contributed by atoms with van der Waals surface area (Å²) in [5.41, 5.74) is 2.15. The normalized spacial score (nSPS) is 10.9. The van der Waals surface area contributed by atoms with Crippen LogP contribution in [0.1, 0.15) is 13.8 Å². The Kier molecular flexibility index (Phi) is 3.52. The molecular weight excluding hydrogens is 280 g/mol. The number of halogens is 1. The van der Waals surface area contributed by atoms with Crippen LogP contribution in [0.3, 0.4) is 0 Å². The average Bonchev–Trinajstić information content (AvgIpc) is 2.67. The topological polar surface area (TPSA) is 27.1 Å². The highest BCUT2D eigenvalue weighted by molar-refractivity contribution is 9.10. The van der Waals surface area contributed by atoms with Crippen LogP contribution in [0, 0.1) is 0 Å². The highest BCUT2D eigenvalue weighted by Crippen LogP contribution is 2.31. The number of aromatic nitrogens is 2. The van der Waals surface area contributed by atoms with Crippen LogP contribution in [0.5, 0.6) is 5.75 Å². The average molecular weight is 295 g/mol. The van der Waals surface area contributed by atoms with Crippen LogP contribution in [-0.2, 0) is 7.05 Å². The maximum absolute atomic E-state index is 5.70. The standard InChI is InChI=1S/C13H15BrN2O/c1-9(2)17-10-4-5-12(14)11(8-10)13-6-7-15-16(13)3/h4-9H,1-3H3. The van der Waals surface area contributed by atoms with Gasteiger partial charge in [-0.2, -0.15) is 5.10 Å². The van der Waals surface area contributed by atoms with Crippen LogP contribution < -0.4 is 4.74 Å². The monoisotopic (exact) mass is 294 g/mol. The predicted octanol–water partition coefficient (Wildman–Crippen LogP) is 3.64. The van der Waals surface area contributed by atoms with Gasteiger partial charge in [-0.1, -0.05) is 15.9 Å². The first-order valence-electron chi connectivity index (χ1n) is 5.52. The summed E-state index contributed by atoms with van der Waals surface area (Å²) in [5.74, 6) is 0.874. The van der Waals surface area contributed by atoms with Gasteiger partial charge in [-0.05, 0) is 38.1 Å². The van der Waals surface area contributed by atoms with Gasteiger partial charge in [0, 0.05) is 23.3 Å². The van der Waals surface area contributed by atoms with Gasteiger partial charge in [0.1, 0.15) is 5.75 Å². The first-order chi connectivity index (χ1) is 8.08. The van der Waals surface area contributed by atoms with E-state index in [2.05, 4.69) is 21.0 Å². The summed E-state index contributed by atoms with van der Waals surface area (Å²) in [6.07, 6.45) is 1.97. The second kappa shape index (κ2) is 4.92. The molecule has 0 spiro atoms. The van der Waals surface area contributed by atoms with Gasteiger partial charge in [-0.3, -0.25) is 4.68 Å². The molecule has 0 amide bonds. The number of aryl methyl sites for hydroxylation is 1. The van der Waals surface area contributed by atoms with Crippen molar-refractivity contribution in [2.24, 2.45) is 7.05 Å². The lowest BCUT2D eigenvalue weighted by molar-refractivity contribution is 0.242. The van der Waals surface area contributed by atoms with Crippen molar-refractivity contribution in [3.63, 3.8) is 0 Å². The third-order valence-electron chi connectivity index (χ3n) is 2.41. The summed E-state index contributed by atoms with van der Waals surface area (Å²) in [6.45, 7) is 4.04. The Morgan fingerprint density at radius 3 is 2.65 bits per heavy atom. The van der Waals surface area contributed by atoms with Crippen LogP contribution in [0.4, 0.5) is 0 Å². The van der Waals surface area contributed by atoms with E-state index in [0.717, 1.165) is 21.5 Å². The number of ether oxygens (including phenoxy) is 1. The summed E-state index contributed by atoms with van der Waals surface area (Å²) >= 11 is 3.56. The van der Waals surface area contributed by atoms with Crippen LogP contribution in [-0.4, -0.2) is 15.9 Å². The van der Waals surface area contributed by atoms with Crippen molar-refractivity contribution in [1.82, 2.24) is 9.78 Å². The maximum atomic E-state index is 5.70. The number of rotatable bonds is 3. The van der Waals surface area contributed by atoms with E-state index in [1.54, 1.807) is 6.20 Å². The number of hydrogen-bond donors (Lipinski definition) is 0. The Balaban J connectivity index is 2.43. The molecule has 3 nitrogen and oxygen atoms in total. The highest BCUT2D eigenvalue weighted by atomic mass is 79.9. The highest BCUT2D eigenvalue weighted by Gasteiger charge is 2.09. The van der Waals surface area contributed by atoms with Crippen LogP contribution in [0.25, 0.3) is 11.3 Å². The van der Waals surface area contributed by atoms with Gasteiger partial charge in [-0.15, -0.1) is 0 Å². The van der Waals surface area contributed by atoms with Gasteiger partial charge < -0.3 is 4.74 Å². The molecule has 4 heteroatoms. The molecule has 0 aliphatic heterocycles. The molecule has 0 saturated heterocycles. The second-order valence-corrected chi connectivity index (χ2v) is 5.00. The zero-order chi connectivity index (χ0) is 12.4. The smallest absolute Gasteiger partial charge is 0.120 e. The van der Waals surface area contributed by atoms with E-state index in [0.29, 0.717) is 0 Å². The van der Waals surface area contributed by atoms with Gasteiger partial charge >= 0.3 is 0 Å². The predicted molar refractivity (Wildman–Crippen MR) is 72.1 cm³/mol. The molecule has 0 fully saturated rings. The largest absolute Gasteiger partial charge is 0.491 e. The molecular formula is C13H15BrN2O. The van der Waals surface area contributed by atoms with Crippen LogP contribution in [0.2, 0.25) is 0 Å². The SMILES string of the molecule is CC(C)Oc1ccc(Br)c(-c2ccnn2C)c1. The van der Waals surface area contributed by atoms with Crippen molar-refractivity contribution < 1.29 is 4.74 Å². The minimum atomic E-state index is 0.176. The Hall–Kier alpha value is -1.29. The first kappa shape index (κ1) is 12.2. The van der Waals surface area contributed by atoms with Gasteiger partial charge in [0.25, 0.3) is 0 Å². The van der Waals surface area contributed by atoms with Gasteiger partial charge in [0.05, 0.1) is 11.8 Å². The molecule has 1 heterocycles. The summed E-state index contributed by atoms with van der Waals surface area (Å²) in [7, 11) is 1.93. The van der Waals surface area contributed by atoms with Gasteiger partial charge in [0.15, 0.2) is 0 Å². The molecule has 2 rings (SSSR count). The Bertz CT molecular complexity index is 520. The quantitative estimate of drug-likeness (QED) is 0.864. The Morgan fingerprint density at radius 1 is 1.29 bits per heavy atom.